The third-order valence-electron chi connectivity index (χ3n) is 0.650. The molecule has 1 saturated heterocycles. The first-order valence-electron chi connectivity index (χ1n) is 1.87. The molecule has 0 amide bonds. The zero-order valence-corrected chi connectivity index (χ0v) is 6.92. The Morgan fingerprint density at radius 3 is 2.25 bits per heavy atom. The van der Waals surface area contributed by atoms with Crippen molar-refractivity contribution < 1.29 is 47.0 Å². The normalized spacial score (nSPS) is 16.5. The van der Waals surface area contributed by atoms with Gasteiger partial charge in [-0.3, -0.25) is 16.0 Å². The Morgan fingerprint density at radius 2 is 2.12 bits per heavy atom. The fraction of sp³-hybridized carbons (Fsp3) is 0.250. The van der Waals surface area contributed by atoms with Crippen molar-refractivity contribution in [2.24, 2.45) is 0 Å². The summed E-state index contributed by atoms with van der Waals surface area (Å²) in [4.78, 5) is 19.9. The summed E-state index contributed by atoms with van der Waals surface area (Å²) in [5.41, 5.74) is 0. The first-order chi connectivity index (χ1) is 3.29. The molecule has 0 aliphatic carbocycles. The monoisotopic (exact) mass is 188 g/mol. The second-order valence-corrected chi connectivity index (χ2v) is 1.20. The number of hydrogen-bond acceptors (Lipinski definition) is 3. The van der Waals surface area contributed by atoms with Gasteiger partial charge in [0.15, 0.2) is 5.97 Å². The molecule has 41 valence electrons. The van der Waals surface area contributed by atoms with E-state index in [2.05, 4.69) is 4.74 Å². The van der Waals surface area contributed by atoms with Crippen LogP contribution >= 0.6 is 0 Å². The molecule has 0 atom stereocenters. The van der Waals surface area contributed by atoms with E-state index in [1.54, 1.807) is 0 Å². The Balaban J connectivity index is 0.000000490. The predicted octanol–water partition coefficient (Wildman–Crippen LogP) is -0.338. The molecule has 1 radical (unpaired) electrons. The molecule has 1 rings (SSSR count). The van der Waals surface area contributed by atoms with Crippen molar-refractivity contribution in [2.45, 2.75) is 6.42 Å². The summed E-state index contributed by atoms with van der Waals surface area (Å²) >= 11 is 0. The van der Waals surface area contributed by atoms with E-state index in [0.29, 0.717) is 0 Å². The summed E-state index contributed by atoms with van der Waals surface area (Å²) in [5, 5.41) is 0. The maximum Gasteiger partial charge on any atom is 0.284 e. The van der Waals surface area contributed by atoms with Crippen molar-refractivity contribution in [3.8, 4) is 0 Å². The van der Waals surface area contributed by atoms with E-state index in [9.17, 15) is 9.59 Å². The third-order valence-corrected chi connectivity index (χ3v) is 0.650. The average molecular weight is 188 g/mol. The Labute approximate surface area is 71.6 Å². The van der Waals surface area contributed by atoms with Crippen LogP contribution in [0.3, 0.4) is 0 Å². The first kappa shape index (κ1) is 8.11. The van der Waals surface area contributed by atoms with Crippen molar-refractivity contribution in [2.75, 3.05) is 0 Å². The van der Waals surface area contributed by atoms with E-state index in [0.717, 1.165) is 0 Å². The number of esters is 2. The Kier molecular flexibility index (Phi) is 3.25. The van der Waals surface area contributed by atoms with Gasteiger partial charge in [0.25, 0.3) is 5.97 Å². The second kappa shape index (κ2) is 3.20. The molecule has 0 aromatic rings. The van der Waals surface area contributed by atoms with Crippen molar-refractivity contribution in [1.29, 1.82) is 0 Å². The minimum Gasteiger partial charge on any atom is -0.423 e. The molecule has 0 N–H and O–H groups in total. The number of carbonyl (C=O) groups excluding carboxylic acids is 2. The number of rotatable bonds is 0. The van der Waals surface area contributed by atoms with Crippen LogP contribution in [0.5, 0.6) is 0 Å². The number of carbonyl (C=O) groups is 2. The number of cyclic esters (lactones) is 2. The van der Waals surface area contributed by atoms with E-state index in [1.807, 2.05) is 0 Å². The van der Waals surface area contributed by atoms with Crippen LogP contribution in [0, 0.1) is 6.42 Å². The van der Waals surface area contributed by atoms with E-state index in [-0.39, 0.29) is 39.1 Å². The molecule has 0 spiro atoms. The molecule has 8 heavy (non-hydrogen) atoms. The van der Waals surface area contributed by atoms with Crippen molar-refractivity contribution in [1.82, 2.24) is 0 Å². The average Bonchev–Trinajstić information content (AvgIpc) is 1.87. The van der Waals surface area contributed by atoms with Crippen LogP contribution in [-0.2, 0) is 47.0 Å². The summed E-state index contributed by atoms with van der Waals surface area (Å²) in [6.07, 6.45) is 1.35. The summed E-state index contributed by atoms with van der Waals surface area (Å²) in [5.74, 6) is -0.977. The first-order valence-corrected chi connectivity index (χ1v) is 1.87. The SMILES string of the molecule is O=C1[CH-]CC(=O)O1.[Y]. The molecular weight excluding hydrogens is 185 g/mol. The van der Waals surface area contributed by atoms with Gasteiger partial charge in [-0.1, -0.05) is 6.42 Å². The van der Waals surface area contributed by atoms with Gasteiger partial charge in [-0.05, 0) is 0 Å². The van der Waals surface area contributed by atoms with E-state index < -0.39 is 11.9 Å². The van der Waals surface area contributed by atoms with Crippen LogP contribution in [0.1, 0.15) is 6.42 Å². The fourth-order valence-corrected chi connectivity index (χ4v) is 0.362. The molecule has 1 fully saturated rings. The van der Waals surface area contributed by atoms with E-state index >= 15 is 0 Å². The van der Waals surface area contributed by atoms with Gasteiger partial charge < -0.3 is 4.74 Å². The Hall–Kier alpha value is 0.114. The summed E-state index contributed by atoms with van der Waals surface area (Å²) in [6, 6.07) is 0. The zero-order valence-electron chi connectivity index (χ0n) is 4.09. The van der Waals surface area contributed by atoms with Crippen molar-refractivity contribution in [3.05, 3.63) is 6.42 Å². The van der Waals surface area contributed by atoms with E-state index in [4.69, 9.17) is 0 Å². The minimum atomic E-state index is -0.523. The van der Waals surface area contributed by atoms with Crippen LogP contribution in [0.2, 0.25) is 0 Å². The van der Waals surface area contributed by atoms with Gasteiger partial charge in [-0.2, -0.15) is 0 Å². The van der Waals surface area contributed by atoms with Gasteiger partial charge in [0, 0.05) is 32.7 Å². The standard InChI is InChI=1S/C4H3O3.Y/c5-3-1-2-4(6)7-3;/h1H,2H2;/q-1;. The molecule has 0 bridgehead atoms. The fourth-order valence-electron chi connectivity index (χ4n) is 0.362. The van der Waals surface area contributed by atoms with E-state index in [1.165, 1.54) is 6.42 Å². The summed E-state index contributed by atoms with van der Waals surface area (Å²) in [7, 11) is 0. The van der Waals surface area contributed by atoms with Crippen LogP contribution in [-0.4, -0.2) is 11.9 Å². The largest absolute Gasteiger partial charge is 0.423 e. The number of ether oxygens (including phenoxy) is 1. The van der Waals surface area contributed by atoms with Crippen molar-refractivity contribution in [3.63, 3.8) is 0 Å². The third kappa shape index (κ3) is 1.92. The maximum absolute atomic E-state index is 9.98. The maximum atomic E-state index is 9.98. The quantitative estimate of drug-likeness (QED) is 0.296. The minimum absolute atomic E-state index is 0. The molecule has 1 heterocycles. The molecule has 0 aromatic carbocycles. The van der Waals surface area contributed by atoms with Crippen LogP contribution < -0.4 is 0 Å². The Bertz CT molecular complexity index is 106. The molecule has 0 unspecified atom stereocenters. The van der Waals surface area contributed by atoms with Crippen LogP contribution in [0.15, 0.2) is 0 Å². The molecule has 4 heteroatoms. The van der Waals surface area contributed by atoms with Gasteiger partial charge in [0.2, 0.25) is 0 Å². The molecule has 0 aromatic heterocycles. The van der Waals surface area contributed by atoms with Gasteiger partial charge in [-0.25, -0.2) is 0 Å². The van der Waals surface area contributed by atoms with Gasteiger partial charge in [0.05, 0.1) is 0 Å². The summed E-state index contributed by atoms with van der Waals surface area (Å²) in [6.45, 7) is 0. The number of hydrogen-bond donors (Lipinski definition) is 0. The molecule has 1 aliphatic rings. The topological polar surface area (TPSA) is 43.4 Å². The smallest absolute Gasteiger partial charge is 0.284 e. The second-order valence-electron chi connectivity index (χ2n) is 1.20. The zero-order chi connectivity index (χ0) is 5.28. The Morgan fingerprint density at radius 1 is 1.50 bits per heavy atom. The predicted molar refractivity (Wildman–Crippen MR) is 20.0 cm³/mol. The van der Waals surface area contributed by atoms with Gasteiger partial charge >= 0.3 is 0 Å². The van der Waals surface area contributed by atoms with Crippen molar-refractivity contribution >= 4 is 11.9 Å². The molecule has 3 nitrogen and oxygen atoms in total. The van der Waals surface area contributed by atoms with Gasteiger partial charge in [-0.15, -0.1) is 0 Å². The summed E-state index contributed by atoms with van der Waals surface area (Å²) < 4.78 is 4.03. The molecule has 1 aliphatic heterocycles. The molecule has 0 saturated carbocycles. The van der Waals surface area contributed by atoms with Gasteiger partial charge in [0.1, 0.15) is 0 Å². The van der Waals surface area contributed by atoms with Crippen LogP contribution in [0.25, 0.3) is 0 Å². The molecular formula is C4H3O3Y-. The van der Waals surface area contributed by atoms with Crippen LogP contribution in [0.4, 0.5) is 0 Å².